The minimum absolute atomic E-state index is 0.362. The fraction of sp³-hybridized carbons (Fsp3) is 0.867. The molecule has 0 radical (unpaired) electrons. The molecule has 0 aliphatic rings. The van der Waals surface area contributed by atoms with E-state index in [-0.39, 0.29) is 0 Å². The average molecular weight is 242 g/mol. The van der Waals surface area contributed by atoms with E-state index in [1.165, 1.54) is 6.42 Å². The summed E-state index contributed by atoms with van der Waals surface area (Å²) in [5.74, 6) is 1.42. The molecule has 3 unspecified atom stereocenters. The maximum Gasteiger partial charge on any atom is -0.0159 e. The zero-order chi connectivity index (χ0) is 13.0. The zero-order valence-corrected chi connectivity index (χ0v) is 13.5. The molecule has 0 amide bonds. The fourth-order valence-electron chi connectivity index (χ4n) is 2.65. The zero-order valence-electron chi connectivity index (χ0n) is 12.3. The molecular formula is C15H31P. The van der Waals surface area contributed by atoms with Crippen LogP contribution in [0.5, 0.6) is 0 Å². The second kappa shape index (κ2) is 6.20. The summed E-state index contributed by atoms with van der Waals surface area (Å²) in [6.45, 7) is 16.5. The Labute approximate surface area is 105 Å². The molecular weight excluding hydrogens is 211 g/mol. The van der Waals surface area contributed by atoms with Crippen molar-refractivity contribution in [3.63, 3.8) is 0 Å². The van der Waals surface area contributed by atoms with Crippen LogP contribution in [0.3, 0.4) is 0 Å². The Morgan fingerprint density at radius 2 is 1.56 bits per heavy atom. The van der Waals surface area contributed by atoms with Gasteiger partial charge in [0.05, 0.1) is 0 Å². The van der Waals surface area contributed by atoms with Gasteiger partial charge in [-0.25, -0.2) is 0 Å². The van der Waals surface area contributed by atoms with E-state index in [0.29, 0.717) is 16.7 Å². The molecule has 0 saturated carbocycles. The Kier molecular flexibility index (Phi) is 6.26. The normalized spacial score (nSPS) is 17.8. The van der Waals surface area contributed by atoms with E-state index in [1.807, 2.05) is 0 Å². The molecule has 0 fully saturated rings. The van der Waals surface area contributed by atoms with Gasteiger partial charge < -0.3 is 0 Å². The van der Waals surface area contributed by atoms with E-state index in [4.69, 9.17) is 0 Å². The van der Waals surface area contributed by atoms with E-state index >= 15 is 0 Å². The number of hydrogen-bond donors (Lipinski definition) is 0. The van der Waals surface area contributed by atoms with Gasteiger partial charge in [0.1, 0.15) is 0 Å². The highest BCUT2D eigenvalue weighted by Crippen LogP contribution is 2.38. The van der Waals surface area contributed by atoms with Crippen LogP contribution in [0.4, 0.5) is 0 Å². The quantitative estimate of drug-likeness (QED) is 0.472. The van der Waals surface area contributed by atoms with Crippen molar-refractivity contribution < 1.29 is 0 Å². The summed E-state index contributed by atoms with van der Waals surface area (Å²) in [6, 6.07) is 0. The predicted octanol–water partition coefficient (Wildman–Crippen LogP) is 5.15. The molecule has 0 aliphatic carbocycles. The van der Waals surface area contributed by atoms with Gasteiger partial charge in [-0.2, -0.15) is 0 Å². The number of hydrogen-bond acceptors (Lipinski definition) is 0. The van der Waals surface area contributed by atoms with E-state index in [9.17, 15) is 0 Å². The van der Waals surface area contributed by atoms with E-state index in [2.05, 4.69) is 69.9 Å². The third-order valence-electron chi connectivity index (χ3n) is 3.03. The highest BCUT2D eigenvalue weighted by molar-refractivity contribution is 7.16. The molecule has 16 heavy (non-hydrogen) atoms. The van der Waals surface area contributed by atoms with Crippen LogP contribution in [0.1, 0.15) is 54.9 Å². The van der Waals surface area contributed by atoms with Gasteiger partial charge in [-0.1, -0.05) is 60.6 Å². The largest absolute Gasteiger partial charge is 0.134 e. The maximum atomic E-state index is 2.77. The molecule has 0 bridgehead atoms. The van der Waals surface area contributed by atoms with Crippen molar-refractivity contribution in [2.45, 2.75) is 54.9 Å². The van der Waals surface area contributed by atoms with Crippen molar-refractivity contribution in [3.05, 3.63) is 12.2 Å². The minimum atomic E-state index is 0.362. The second-order valence-electron chi connectivity index (χ2n) is 7.30. The van der Waals surface area contributed by atoms with Crippen molar-refractivity contribution in [1.82, 2.24) is 0 Å². The van der Waals surface area contributed by atoms with Gasteiger partial charge in [0.15, 0.2) is 0 Å². The molecule has 0 N–H and O–H groups in total. The van der Waals surface area contributed by atoms with Crippen LogP contribution in [-0.2, 0) is 0 Å². The highest BCUT2D eigenvalue weighted by Gasteiger charge is 2.29. The summed E-state index contributed by atoms with van der Waals surface area (Å²) in [7, 11) is 2.77. The second-order valence-corrected chi connectivity index (χ2v) is 7.77. The van der Waals surface area contributed by atoms with E-state index in [1.54, 1.807) is 0 Å². The van der Waals surface area contributed by atoms with Crippen LogP contribution in [0.15, 0.2) is 12.2 Å². The van der Waals surface area contributed by atoms with Gasteiger partial charge in [0.25, 0.3) is 0 Å². The van der Waals surface area contributed by atoms with E-state index in [0.717, 1.165) is 12.1 Å². The smallest absolute Gasteiger partial charge is 0.0159 e. The lowest BCUT2D eigenvalue weighted by Crippen LogP contribution is -2.27. The Balaban J connectivity index is 4.71. The number of allylic oxidation sites excluding steroid dienone is 2. The lowest BCUT2D eigenvalue weighted by Gasteiger charge is -2.36. The van der Waals surface area contributed by atoms with Crippen molar-refractivity contribution in [1.29, 1.82) is 0 Å². The van der Waals surface area contributed by atoms with Crippen molar-refractivity contribution in [2.75, 3.05) is 6.16 Å². The first-order chi connectivity index (χ1) is 7.08. The third-order valence-corrected chi connectivity index (χ3v) is 3.30. The van der Waals surface area contributed by atoms with Gasteiger partial charge in [-0.05, 0) is 35.2 Å². The van der Waals surface area contributed by atoms with Crippen LogP contribution < -0.4 is 0 Å². The molecule has 0 rings (SSSR count). The van der Waals surface area contributed by atoms with Gasteiger partial charge in [-0.15, -0.1) is 9.24 Å². The molecule has 1 heteroatoms. The van der Waals surface area contributed by atoms with Crippen LogP contribution in [0.2, 0.25) is 0 Å². The summed E-state index contributed by atoms with van der Waals surface area (Å²) in [4.78, 5) is 0. The van der Waals surface area contributed by atoms with Gasteiger partial charge in [0, 0.05) is 0 Å². The molecule has 0 saturated heterocycles. The lowest BCUT2D eigenvalue weighted by atomic mass is 9.69. The summed E-state index contributed by atoms with van der Waals surface area (Å²) < 4.78 is 0. The van der Waals surface area contributed by atoms with Crippen molar-refractivity contribution >= 4 is 9.24 Å². The molecule has 3 atom stereocenters. The summed E-state index contributed by atoms with van der Waals surface area (Å²) in [6.07, 6.45) is 7.06. The van der Waals surface area contributed by atoms with Crippen LogP contribution in [-0.4, -0.2) is 6.16 Å². The lowest BCUT2D eigenvalue weighted by molar-refractivity contribution is 0.170. The predicted molar refractivity (Wildman–Crippen MR) is 79.9 cm³/mol. The van der Waals surface area contributed by atoms with Crippen LogP contribution >= 0.6 is 9.24 Å². The Hall–Kier alpha value is 0.170. The van der Waals surface area contributed by atoms with Crippen molar-refractivity contribution in [3.8, 4) is 0 Å². The first-order valence-corrected chi connectivity index (χ1v) is 7.26. The molecule has 0 aliphatic heterocycles. The molecule has 0 aromatic rings. The van der Waals surface area contributed by atoms with Gasteiger partial charge in [-0.3, -0.25) is 0 Å². The molecule has 0 heterocycles. The monoisotopic (exact) mass is 242 g/mol. The summed E-state index contributed by atoms with van der Waals surface area (Å²) in [5.41, 5.74) is 0.790. The number of rotatable bonds is 4. The first-order valence-electron chi connectivity index (χ1n) is 6.44. The van der Waals surface area contributed by atoms with Crippen LogP contribution in [0.25, 0.3) is 0 Å². The topological polar surface area (TPSA) is 0 Å². The minimum Gasteiger partial charge on any atom is -0.134 e. The molecule has 0 aromatic carbocycles. The summed E-state index contributed by atoms with van der Waals surface area (Å²) >= 11 is 0. The van der Waals surface area contributed by atoms with Crippen molar-refractivity contribution in [2.24, 2.45) is 22.7 Å². The highest BCUT2D eigenvalue weighted by atomic mass is 31.0. The maximum absolute atomic E-state index is 2.77. The third kappa shape index (κ3) is 6.69. The van der Waals surface area contributed by atoms with Crippen LogP contribution in [0, 0.1) is 22.7 Å². The Bertz CT molecular complexity index is 215. The molecule has 0 spiro atoms. The average Bonchev–Trinajstić information content (AvgIpc) is 1.98. The molecule has 0 nitrogen and oxygen atoms in total. The van der Waals surface area contributed by atoms with Gasteiger partial charge in [0.2, 0.25) is 0 Å². The fourth-order valence-corrected chi connectivity index (χ4v) is 2.81. The van der Waals surface area contributed by atoms with E-state index < -0.39 is 0 Å². The molecule has 96 valence electrons. The standard InChI is InChI=1S/C15H31P/c1-12(11-14(2,3)4)13(9-8-10-16)15(5,6)7/h8-9,12-13H,10-11,16H2,1-7H3. The summed E-state index contributed by atoms with van der Waals surface area (Å²) in [5, 5.41) is 0. The Morgan fingerprint density at radius 3 is 1.88 bits per heavy atom. The Morgan fingerprint density at radius 1 is 1.06 bits per heavy atom. The molecule has 0 aromatic heterocycles. The first kappa shape index (κ1) is 16.2. The SMILES string of the molecule is CC(CC(C)(C)C)C(C=CCP)C(C)(C)C. The van der Waals surface area contributed by atoms with Gasteiger partial charge >= 0.3 is 0 Å².